The first-order valence-corrected chi connectivity index (χ1v) is 5.22. The van der Waals surface area contributed by atoms with E-state index in [1.165, 1.54) is 24.5 Å². The van der Waals surface area contributed by atoms with Crippen LogP contribution in [0.4, 0.5) is 10.1 Å². The highest BCUT2D eigenvalue weighted by atomic mass is 19.1. The van der Waals surface area contributed by atoms with Gasteiger partial charge in [0.2, 0.25) is 0 Å². The molecule has 0 heterocycles. The molecule has 4 nitrogen and oxygen atoms in total. The fourth-order valence-corrected chi connectivity index (χ4v) is 1.17. The lowest BCUT2D eigenvalue weighted by atomic mass is 10.2. The summed E-state index contributed by atoms with van der Waals surface area (Å²) in [5.74, 6) is -0.942. The molecule has 0 saturated heterocycles. The molecule has 0 saturated carbocycles. The average molecular weight is 238 g/mol. The third-order valence-corrected chi connectivity index (χ3v) is 1.88. The molecule has 0 amide bonds. The smallest absolute Gasteiger partial charge is 0.340 e. The monoisotopic (exact) mass is 238 g/mol. The van der Waals surface area contributed by atoms with Gasteiger partial charge in [-0.05, 0) is 19.1 Å². The predicted octanol–water partition coefficient (Wildman–Crippen LogP) is 2.22. The van der Waals surface area contributed by atoms with Crippen LogP contribution in [-0.4, -0.2) is 37.9 Å². The van der Waals surface area contributed by atoms with Crippen LogP contribution in [0.5, 0.6) is 0 Å². The van der Waals surface area contributed by atoms with Crippen molar-refractivity contribution in [2.45, 2.75) is 6.92 Å². The molecule has 0 radical (unpaired) electrons. The summed E-state index contributed by atoms with van der Waals surface area (Å²) in [6.45, 7) is 1.98. The van der Waals surface area contributed by atoms with E-state index in [1.807, 2.05) is 0 Å². The summed E-state index contributed by atoms with van der Waals surface area (Å²) in [5, 5.41) is 0. The standard InChI is InChI=1S/C12H15FN2O2/c1-4-17-12(16)10-6-5-9(13)7-11(10)14-8-15(2)3/h5-8H,4H2,1-3H3. The number of carbonyl (C=O) groups is 1. The SMILES string of the molecule is CCOC(=O)c1ccc(F)cc1N=CN(C)C. The first-order valence-electron chi connectivity index (χ1n) is 5.22. The molecule has 0 N–H and O–H groups in total. The average Bonchev–Trinajstić information content (AvgIpc) is 2.26. The summed E-state index contributed by atoms with van der Waals surface area (Å²) in [6.07, 6.45) is 1.50. The second kappa shape index (κ2) is 5.98. The number of carbonyl (C=O) groups excluding carboxylic acids is 1. The van der Waals surface area contributed by atoms with Gasteiger partial charge in [0.1, 0.15) is 5.82 Å². The summed E-state index contributed by atoms with van der Waals surface area (Å²) < 4.78 is 17.9. The Labute approximate surface area is 99.7 Å². The van der Waals surface area contributed by atoms with E-state index in [9.17, 15) is 9.18 Å². The maximum absolute atomic E-state index is 13.1. The van der Waals surface area contributed by atoms with Gasteiger partial charge < -0.3 is 9.64 Å². The van der Waals surface area contributed by atoms with Crippen LogP contribution in [0.25, 0.3) is 0 Å². The first-order chi connectivity index (χ1) is 8.04. The molecule has 0 atom stereocenters. The number of aliphatic imine (C=N–C) groups is 1. The number of esters is 1. The molecule has 1 aromatic carbocycles. The van der Waals surface area contributed by atoms with Crippen LogP contribution in [0.3, 0.4) is 0 Å². The van der Waals surface area contributed by atoms with E-state index in [0.29, 0.717) is 0 Å². The Balaban J connectivity index is 3.07. The van der Waals surface area contributed by atoms with E-state index in [0.717, 1.165) is 0 Å². The van der Waals surface area contributed by atoms with Crippen molar-refractivity contribution >= 4 is 18.0 Å². The molecular formula is C12H15FN2O2. The topological polar surface area (TPSA) is 41.9 Å². The van der Waals surface area contributed by atoms with Gasteiger partial charge >= 0.3 is 5.97 Å². The predicted molar refractivity (Wildman–Crippen MR) is 64.2 cm³/mol. The maximum atomic E-state index is 13.1. The van der Waals surface area contributed by atoms with Gasteiger partial charge in [-0.2, -0.15) is 0 Å². The Morgan fingerprint density at radius 1 is 1.53 bits per heavy atom. The van der Waals surface area contributed by atoms with Crippen molar-refractivity contribution in [1.82, 2.24) is 4.90 Å². The quantitative estimate of drug-likeness (QED) is 0.459. The Hall–Kier alpha value is -1.91. The van der Waals surface area contributed by atoms with E-state index >= 15 is 0 Å². The third kappa shape index (κ3) is 3.86. The minimum Gasteiger partial charge on any atom is -0.462 e. The van der Waals surface area contributed by atoms with Gasteiger partial charge in [0, 0.05) is 20.2 Å². The maximum Gasteiger partial charge on any atom is 0.340 e. The van der Waals surface area contributed by atoms with Crippen molar-refractivity contribution in [1.29, 1.82) is 0 Å². The highest BCUT2D eigenvalue weighted by Gasteiger charge is 2.12. The second-order valence-electron chi connectivity index (χ2n) is 3.59. The van der Waals surface area contributed by atoms with Gasteiger partial charge in [-0.1, -0.05) is 0 Å². The third-order valence-electron chi connectivity index (χ3n) is 1.88. The molecule has 0 spiro atoms. The molecule has 0 aromatic heterocycles. The summed E-state index contributed by atoms with van der Waals surface area (Å²) in [5.41, 5.74) is 0.517. The normalized spacial score (nSPS) is 10.6. The fraction of sp³-hybridized carbons (Fsp3) is 0.333. The van der Waals surface area contributed by atoms with Crippen molar-refractivity contribution in [2.24, 2.45) is 4.99 Å². The van der Waals surface area contributed by atoms with Crippen LogP contribution >= 0.6 is 0 Å². The van der Waals surface area contributed by atoms with Gasteiger partial charge in [0.15, 0.2) is 0 Å². The van der Waals surface area contributed by atoms with Gasteiger partial charge in [-0.15, -0.1) is 0 Å². The van der Waals surface area contributed by atoms with Crippen molar-refractivity contribution < 1.29 is 13.9 Å². The number of ether oxygens (including phenoxy) is 1. The zero-order chi connectivity index (χ0) is 12.8. The van der Waals surface area contributed by atoms with Crippen LogP contribution in [0, 0.1) is 5.82 Å². The molecule has 17 heavy (non-hydrogen) atoms. The fourth-order valence-electron chi connectivity index (χ4n) is 1.17. The Morgan fingerprint density at radius 2 is 2.24 bits per heavy atom. The molecule has 0 unspecified atom stereocenters. The highest BCUT2D eigenvalue weighted by Crippen LogP contribution is 2.21. The molecule has 1 aromatic rings. The molecule has 0 aliphatic carbocycles. The second-order valence-corrected chi connectivity index (χ2v) is 3.59. The minimum absolute atomic E-state index is 0.256. The van der Waals surface area contributed by atoms with E-state index in [4.69, 9.17) is 4.74 Å². The lowest BCUT2D eigenvalue weighted by molar-refractivity contribution is 0.0527. The lowest BCUT2D eigenvalue weighted by Gasteiger charge is -2.07. The first kappa shape index (κ1) is 13.2. The number of hydrogen-bond acceptors (Lipinski definition) is 3. The van der Waals surface area contributed by atoms with E-state index in [2.05, 4.69) is 4.99 Å². The largest absolute Gasteiger partial charge is 0.462 e. The zero-order valence-electron chi connectivity index (χ0n) is 10.1. The number of halogens is 1. The summed E-state index contributed by atoms with van der Waals surface area (Å²) in [4.78, 5) is 17.3. The van der Waals surface area contributed by atoms with Gasteiger partial charge in [-0.25, -0.2) is 14.2 Å². The zero-order valence-corrected chi connectivity index (χ0v) is 10.1. The molecule has 0 aliphatic heterocycles. The van der Waals surface area contributed by atoms with Crippen molar-refractivity contribution in [3.05, 3.63) is 29.6 Å². The molecule has 1 rings (SSSR count). The van der Waals surface area contributed by atoms with Crippen LogP contribution in [0.1, 0.15) is 17.3 Å². The molecule has 92 valence electrons. The van der Waals surface area contributed by atoms with Gasteiger partial charge in [-0.3, -0.25) is 0 Å². The number of rotatable bonds is 4. The summed E-state index contributed by atoms with van der Waals surface area (Å²) in [7, 11) is 3.57. The Kier molecular flexibility index (Phi) is 4.63. The lowest BCUT2D eigenvalue weighted by Crippen LogP contribution is -2.08. The van der Waals surface area contributed by atoms with Gasteiger partial charge in [0.05, 0.1) is 24.2 Å². The number of benzene rings is 1. The van der Waals surface area contributed by atoms with Crippen molar-refractivity contribution in [3.8, 4) is 0 Å². The van der Waals surface area contributed by atoms with Crippen LogP contribution < -0.4 is 0 Å². The highest BCUT2D eigenvalue weighted by molar-refractivity contribution is 5.95. The summed E-state index contributed by atoms with van der Waals surface area (Å²) >= 11 is 0. The number of nitrogens with zero attached hydrogens (tertiary/aromatic N) is 2. The van der Waals surface area contributed by atoms with Gasteiger partial charge in [0.25, 0.3) is 0 Å². The van der Waals surface area contributed by atoms with E-state index < -0.39 is 11.8 Å². The van der Waals surface area contributed by atoms with E-state index in [-0.39, 0.29) is 17.9 Å². The molecule has 5 heteroatoms. The van der Waals surface area contributed by atoms with Crippen molar-refractivity contribution in [2.75, 3.05) is 20.7 Å². The Bertz CT molecular complexity index is 431. The van der Waals surface area contributed by atoms with Crippen LogP contribution in [0.2, 0.25) is 0 Å². The number of hydrogen-bond donors (Lipinski definition) is 0. The molecule has 0 bridgehead atoms. The molecule has 0 fully saturated rings. The van der Waals surface area contributed by atoms with Crippen molar-refractivity contribution in [3.63, 3.8) is 0 Å². The molecule has 0 aliphatic rings. The summed E-state index contributed by atoms with van der Waals surface area (Å²) in [6, 6.07) is 3.78. The van der Waals surface area contributed by atoms with Crippen LogP contribution in [0.15, 0.2) is 23.2 Å². The molecular weight excluding hydrogens is 223 g/mol. The van der Waals surface area contributed by atoms with Crippen LogP contribution in [-0.2, 0) is 4.74 Å². The van der Waals surface area contributed by atoms with E-state index in [1.54, 1.807) is 25.9 Å². The Morgan fingerprint density at radius 3 is 2.82 bits per heavy atom. The minimum atomic E-state index is -0.501.